The van der Waals surface area contributed by atoms with Gasteiger partial charge in [-0.1, -0.05) is 33.6 Å². The largest absolute Gasteiger partial charge is 0.313 e. The molecule has 3 atom stereocenters. The second kappa shape index (κ2) is 5.40. The monoisotopic (exact) mass is 257 g/mol. The number of hydrogen-bond donors (Lipinski definition) is 1. The molecule has 100 valence electrons. The van der Waals surface area contributed by atoms with Crippen LogP contribution in [0, 0.1) is 5.41 Å². The van der Waals surface area contributed by atoms with E-state index in [1.54, 1.807) is 0 Å². The Morgan fingerprint density at radius 1 is 1.24 bits per heavy atom. The Kier molecular flexibility index (Phi) is 4.30. The van der Waals surface area contributed by atoms with Gasteiger partial charge < -0.3 is 5.32 Å². The lowest BCUT2D eigenvalue weighted by Crippen LogP contribution is -2.47. The Bertz CT molecular complexity index is 284. The topological polar surface area (TPSA) is 29.1 Å². The van der Waals surface area contributed by atoms with Crippen LogP contribution in [-0.2, 0) is 10.8 Å². The summed E-state index contributed by atoms with van der Waals surface area (Å²) in [5.41, 5.74) is 0.314. The zero-order valence-corrected chi connectivity index (χ0v) is 12.3. The minimum absolute atomic E-state index is 0.314. The summed E-state index contributed by atoms with van der Waals surface area (Å²) in [5, 5.41) is 4.49. The first-order chi connectivity index (χ1) is 8.06. The summed E-state index contributed by atoms with van der Waals surface area (Å²) in [7, 11) is -0.611. The highest BCUT2D eigenvalue weighted by Crippen LogP contribution is 2.41. The van der Waals surface area contributed by atoms with Gasteiger partial charge in [0, 0.05) is 22.1 Å². The van der Waals surface area contributed by atoms with Crippen LogP contribution in [0.5, 0.6) is 0 Å². The average Bonchev–Trinajstić information content (AvgIpc) is 2.88. The van der Waals surface area contributed by atoms with Gasteiger partial charge in [-0.3, -0.25) is 4.21 Å². The molecule has 17 heavy (non-hydrogen) atoms. The summed E-state index contributed by atoms with van der Waals surface area (Å²) >= 11 is 0. The van der Waals surface area contributed by atoms with Crippen LogP contribution in [0.1, 0.15) is 59.3 Å². The Morgan fingerprint density at radius 3 is 2.47 bits per heavy atom. The van der Waals surface area contributed by atoms with E-state index in [1.165, 1.54) is 32.1 Å². The Hall–Kier alpha value is 0.110. The first kappa shape index (κ1) is 13.5. The SMILES string of the molecule is CCNC1C(S(=O)C2CCCC2)CCC1(C)C. The van der Waals surface area contributed by atoms with E-state index < -0.39 is 10.8 Å². The van der Waals surface area contributed by atoms with E-state index in [0.717, 1.165) is 13.0 Å². The molecule has 0 aliphatic heterocycles. The molecule has 2 fully saturated rings. The van der Waals surface area contributed by atoms with E-state index in [-0.39, 0.29) is 0 Å². The van der Waals surface area contributed by atoms with Crippen molar-refractivity contribution in [3.05, 3.63) is 0 Å². The number of rotatable bonds is 4. The number of hydrogen-bond acceptors (Lipinski definition) is 2. The smallest absolute Gasteiger partial charge is 0.0509 e. The van der Waals surface area contributed by atoms with Gasteiger partial charge in [0.1, 0.15) is 0 Å². The van der Waals surface area contributed by atoms with Crippen molar-refractivity contribution in [2.75, 3.05) is 6.54 Å². The molecule has 3 heteroatoms. The molecule has 0 aromatic carbocycles. The molecule has 0 saturated heterocycles. The van der Waals surface area contributed by atoms with Gasteiger partial charge in [-0.2, -0.15) is 0 Å². The van der Waals surface area contributed by atoms with Gasteiger partial charge >= 0.3 is 0 Å². The zero-order valence-electron chi connectivity index (χ0n) is 11.5. The van der Waals surface area contributed by atoms with Crippen LogP contribution in [0.2, 0.25) is 0 Å². The normalized spacial score (nSPS) is 35.2. The molecule has 0 spiro atoms. The van der Waals surface area contributed by atoms with Gasteiger partial charge in [0.05, 0.1) is 5.25 Å². The highest BCUT2D eigenvalue weighted by molar-refractivity contribution is 7.86. The van der Waals surface area contributed by atoms with Crippen LogP contribution < -0.4 is 5.32 Å². The van der Waals surface area contributed by atoms with Crippen molar-refractivity contribution in [2.24, 2.45) is 5.41 Å². The van der Waals surface area contributed by atoms with Crippen molar-refractivity contribution in [3.8, 4) is 0 Å². The van der Waals surface area contributed by atoms with Gasteiger partial charge in [-0.25, -0.2) is 0 Å². The maximum absolute atomic E-state index is 12.7. The summed E-state index contributed by atoms with van der Waals surface area (Å²) in [6.07, 6.45) is 7.34. The lowest BCUT2D eigenvalue weighted by molar-refractivity contribution is 0.289. The Balaban J connectivity index is 2.06. The third-order valence-electron chi connectivity index (χ3n) is 4.64. The fourth-order valence-electron chi connectivity index (χ4n) is 3.59. The third kappa shape index (κ3) is 2.76. The molecule has 1 N–H and O–H groups in total. The van der Waals surface area contributed by atoms with E-state index in [0.29, 0.717) is 22.0 Å². The lowest BCUT2D eigenvalue weighted by atomic mass is 9.87. The predicted octanol–water partition coefficient (Wildman–Crippen LogP) is 2.84. The van der Waals surface area contributed by atoms with Crippen LogP contribution in [0.3, 0.4) is 0 Å². The quantitative estimate of drug-likeness (QED) is 0.839. The Morgan fingerprint density at radius 2 is 1.88 bits per heavy atom. The van der Waals surface area contributed by atoms with Gasteiger partial charge in [0.25, 0.3) is 0 Å². The molecular formula is C14H27NOS. The van der Waals surface area contributed by atoms with Gasteiger partial charge in [-0.15, -0.1) is 0 Å². The molecule has 0 radical (unpaired) electrons. The summed E-state index contributed by atoms with van der Waals surface area (Å²) < 4.78 is 12.7. The average molecular weight is 257 g/mol. The van der Waals surface area contributed by atoms with E-state index >= 15 is 0 Å². The van der Waals surface area contributed by atoms with Crippen LogP contribution in [0.4, 0.5) is 0 Å². The summed E-state index contributed by atoms with van der Waals surface area (Å²) in [6, 6.07) is 0.453. The molecule has 2 aliphatic rings. The third-order valence-corrected chi connectivity index (χ3v) is 6.87. The predicted molar refractivity (Wildman–Crippen MR) is 74.7 cm³/mol. The first-order valence-electron chi connectivity index (χ1n) is 7.19. The van der Waals surface area contributed by atoms with E-state index in [2.05, 4.69) is 26.1 Å². The molecule has 2 saturated carbocycles. The minimum atomic E-state index is -0.611. The van der Waals surface area contributed by atoms with Gasteiger partial charge in [-0.05, 0) is 37.6 Å². The molecule has 2 aliphatic carbocycles. The summed E-state index contributed by atoms with van der Waals surface area (Å²) in [4.78, 5) is 0. The Labute approximate surface area is 108 Å². The zero-order chi connectivity index (χ0) is 12.5. The summed E-state index contributed by atoms with van der Waals surface area (Å²) in [6.45, 7) is 7.80. The maximum atomic E-state index is 12.7. The van der Waals surface area contributed by atoms with Crippen molar-refractivity contribution in [1.29, 1.82) is 0 Å². The molecule has 3 unspecified atom stereocenters. The molecule has 0 aromatic heterocycles. The van der Waals surface area contributed by atoms with E-state index in [9.17, 15) is 4.21 Å². The highest BCUT2D eigenvalue weighted by Gasteiger charge is 2.45. The van der Waals surface area contributed by atoms with Crippen molar-refractivity contribution < 1.29 is 4.21 Å². The van der Waals surface area contributed by atoms with Crippen LogP contribution in [-0.4, -0.2) is 27.3 Å². The lowest BCUT2D eigenvalue weighted by Gasteiger charge is -2.32. The maximum Gasteiger partial charge on any atom is 0.0509 e. The number of nitrogens with one attached hydrogen (secondary N) is 1. The van der Waals surface area contributed by atoms with Crippen molar-refractivity contribution in [3.63, 3.8) is 0 Å². The first-order valence-corrected chi connectivity index (χ1v) is 8.46. The van der Waals surface area contributed by atoms with Crippen LogP contribution in [0.15, 0.2) is 0 Å². The summed E-state index contributed by atoms with van der Waals surface area (Å²) in [5.74, 6) is 0. The van der Waals surface area contributed by atoms with Crippen LogP contribution in [0.25, 0.3) is 0 Å². The fraction of sp³-hybridized carbons (Fsp3) is 1.00. The van der Waals surface area contributed by atoms with Crippen molar-refractivity contribution in [1.82, 2.24) is 5.32 Å². The van der Waals surface area contributed by atoms with Crippen molar-refractivity contribution >= 4 is 10.8 Å². The highest BCUT2D eigenvalue weighted by atomic mass is 32.2. The van der Waals surface area contributed by atoms with Crippen LogP contribution >= 0.6 is 0 Å². The van der Waals surface area contributed by atoms with Gasteiger partial charge in [0.2, 0.25) is 0 Å². The van der Waals surface area contributed by atoms with E-state index in [4.69, 9.17) is 0 Å². The molecule has 0 amide bonds. The molecule has 2 rings (SSSR count). The molecule has 0 aromatic rings. The minimum Gasteiger partial charge on any atom is -0.313 e. The molecule has 0 heterocycles. The fourth-order valence-corrected chi connectivity index (χ4v) is 5.96. The van der Waals surface area contributed by atoms with Crippen molar-refractivity contribution in [2.45, 2.75) is 75.8 Å². The molecule has 2 nitrogen and oxygen atoms in total. The van der Waals surface area contributed by atoms with E-state index in [1.807, 2.05) is 0 Å². The standard InChI is InChI=1S/C14H27NOS/c1-4-15-13-12(9-10-14(13,2)3)17(16)11-7-5-6-8-11/h11-13,15H,4-10H2,1-3H3. The molecular weight excluding hydrogens is 230 g/mol. The molecule has 0 bridgehead atoms. The van der Waals surface area contributed by atoms with Gasteiger partial charge in [0.15, 0.2) is 0 Å². The second-order valence-corrected chi connectivity index (χ2v) is 8.27. The second-order valence-electron chi connectivity index (χ2n) is 6.34.